The number of carbonyl (C=O) groups excluding carboxylic acids is 1. The summed E-state index contributed by atoms with van der Waals surface area (Å²) in [6, 6.07) is 0. The molecule has 0 radical (unpaired) electrons. The number of rotatable bonds is 6. The molecule has 0 saturated carbocycles. The molecule has 2 heteroatoms. The van der Waals surface area contributed by atoms with Crippen LogP contribution in [0.15, 0.2) is 12.2 Å². The number of hydrogen-bond acceptors (Lipinski definition) is 2. The summed E-state index contributed by atoms with van der Waals surface area (Å²) < 4.78 is 5.16. The third kappa shape index (κ3) is 7.18. The van der Waals surface area contributed by atoms with Gasteiger partial charge in [-0.1, -0.05) is 25.5 Å². The van der Waals surface area contributed by atoms with Crippen molar-refractivity contribution >= 4 is 5.97 Å². The van der Waals surface area contributed by atoms with Crippen LogP contribution in [0.4, 0.5) is 0 Å². The van der Waals surface area contributed by atoms with Gasteiger partial charge in [-0.15, -0.1) is 0 Å². The van der Waals surface area contributed by atoms with Gasteiger partial charge in [-0.2, -0.15) is 0 Å². The molecule has 2 nitrogen and oxygen atoms in total. The molecule has 88 valence electrons. The highest BCUT2D eigenvalue weighted by atomic mass is 16.5. The molecule has 0 atom stereocenters. The maximum Gasteiger partial charge on any atom is 0.311 e. The van der Waals surface area contributed by atoms with Gasteiger partial charge in [-0.05, 0) is 33.6 Å². The minimum atomic E-state index is -0.398. The van der Waals surface area contributed by atoms with E-state index in [4.69, 9.17) is 4.74 Å². The fraction of sp³-hybridized carbons (Fsp3) is 0.769. The smallest absolute Gasteiger partial charge is 0.311 e. The van der Waals surface area contributed by atoms with Crippen molar-refractivity contribution in [2.45, 2.75) is 53.4 Å². The normalized spacial score (nSPS) is 11.2. The molecule has 0 bridgehead atoms. The summed E-state index contributed by atoms with van der Waals surface area (Å²) in [6.45, 7) is 12.2. The van der Waals surface area contributed by atoms with Crippen LogP contribution in [0.3, 0.4) is 0 Å². The van der Waals surface area contributed by atoms with Gasteiger partial charge in [0.15, 0.2) is 0 Å². The summed E-state index contributed by atoms with van der Waals surface area (Å²) in [4.78, 5) is 11.4. The minimum absolute atomic E-state index is 0.134. The second-order valence-electron chi connectivity index (χ2n) is 4.99. The molecule has 0 aliphatic rings. The van der Waals surface area contributed by atoms with Crippen molar-refractivity contribution < 1.29 is 9.53 Å². The summed E-state index contributed by atoms with van der Waals surface area (Å²) in [5, 5.41) is 0. The molecule has 0 rings (SSSR count). The predicted octanol–water partition coefficient (Wildman–Crippen LogP) is 3.71. The molecule has 15 heavy (non-hydrogen) atoms. The van der Waals surface area contributed by atoms with Gasteiger partial charge in [0.1, 0.15) is 0 Å². The van der Waals surface area contributed by atoms with E-state index in [1.807, 2.05) is 20.8 Å². The molecule has 0 saturated heterocycles. The SMILES string of the molecule is C=C(CCCC)CCOC(=O)C(C)(C)C. The average Bonchev–Trinajstić information content (AvgIpc) is 2.13. The highest BCUT2D eigenvalue weighted by molar-refractivity contribution is 5.75. The van der Waals surface area contributed by atoms with Gasteiger partial charge in [-0.3, -0.25) is 4.79 Å². The maximum absolute atomic E-state index is 11.4. The van der Waals surface area contributed by atoms with Crippen LogP contribution in [-0.4, -0.2) is 12.6 Å². The van der Waals surface area contributed by atoms with Gasteiger partial charge in [-0.25, -0.2) is 0 Å². The quantitative estimate of drug-likeness (QED) is 0.495. The Morgan fingerprint density at radius 2 is 1.87 bits per heavy atom. The third-order valence-electron chi connectivity index (χ3n) is 2.19. The molecule has 0 unspecified atom stereocenters. The topological polar surface area (TPSA) is 26.3 Å². The van der Waals surface area contributed by atoms with E-state index >= 15 is 0 Å². The van der Waals surface area contributed by atoms with E-state index in [1.165, 1.54) is 18.4 Å². The van der Waals surface area contributed by atoms with Crippen LogP contribution in [-0.2, 0) is 9.53 Å². The fourth-order valence-electron chi connectivity index (χ4n) is 1.06. The second kappa shape index (κ2) is 6.65. The Morgan fingerprint density at radius 1 is 1.27 bits per heavy atom. The lowest BCUT2D eigenvalue weighted by molar-refractivity contribution is -0.152. The van der Waals surface area contributed by atoms with Gasteiger partial charge >= 0.3 is 5.97 Å². The van der Waals surface area contributed by atoms with Crippen molar-refractivity contribution in [3.05, 3.63) is 12.2 Å². The van der Waals surface area contributed by atoms with Crippen LogP contribution >= 0.6 is 0 Å². The average molecular weight is 212 g/mol. The Hall–Kier alpha value is -0.790. The van der Waals surface area contributed by atoms with Crippen LogP contribution in [0.5, 0.6) is 0 Å². The van der Waals surface area contributed by atoms with E-state index in [2.05, 4.69) is 13.5 Å². The Morgan fingerprint density at radius 3 is 2.33 bits per heavy atom. The first-order valence-corrected chi connectivity index (χ1v) is 5.71. The van der Waals surface area contributed by atoms with Crippen molar-refractivity contribution in [3.63, 3.8) is 0 Å². The highest BCUT2D eigenvalue weighted by Gasteiger charge is 2.22. The summed E-state index contributed by atoms with van der Waals surface area (Å²) in [5.74, 6) is -0.134. The van der Waals surface area contributed by atoms with Crippen molar-refractivity contribution in [2.75, 3.05) is 6.61 Å². The largest absolute Gasteiger partial charge is 0.465 e. The van der Waals surface area contributed by atoms with Crippen LogP contribution < -0.4 is 0 Å². The Balaban J connectivity index is 3.62. The maximum atomic E-state index is 11.4. The van der Waals surface area contributed by atoms with Gasteiger partial charge < -0.3 is 4.74 Å². The zero-order valence-electron chi connectivity index (χ0n) is 10.6. The monoisotopic (exact) mass is 212 g/mol. The van der Waals surface area contributed by atoms with Crippen molar-refractivity contribution in [1.29, 1.82) is 0 Å². The van der Waals surface area contributed by atoms with Crippen molar-refractivity contribution in [3.8, 4) is 0 Å². The summed E-state index contributed by atoms with van der Waals surface area (Å²) >= 11 is 0. The Kier molecular flexibility index (Phi) is 6.30. The predicted molar refractivity (Wildman–Crippen MR) is 63.7 cm³/mol. The van der Waals surface area contributed by atoms with Crippen LogP contribution in [0, 0.1) is 5.41 Å². The van der Waals surface area contributed by atoms with E-state index in [0.717, 1.165) is 12.8 Å². The number of esters is 1. The molecule has 0 heterocycles. The molecular weight excluding hydrogens is 188 g/mol. The van der Waals surface area contributed by atoms with Crippen LogP contribution in [0.25, 0.3) is 0 Å². The van der Waals surface area contributed by atoms with Gasteiger partial charge in [0.2, 0.25) is 0 Å². The highest BCUT2D eigenvalue weighted by Crippen LogP contribution is 2.16. The molecule has 0 N–H and O–H groups in total. The van der Waals surface area contributed by atoms with E-state index in [0.29, 0.717) is 6.61 Å². The minimum Gasteiger partial charge on any atom is -0.465 e. The molecule has 0 fully saturated rings. The molecule has 0 aliphatic heterocycles. The second-order valence-corrected chi connectivity index (χ2v) is 4.99. The van der Waals surface area contributed by atoms with Crippen LogP contribution in [0.2, 0.25) is 0 Å². The van der Waals surface area contributed by atoms with E-state index < -0.39 is 5.41 Å². The summed E-state index contributed by atoms with van der Waals surface area (Å²) in [7, 11) is 0. The lowest BCUT2D eigenvalue weighted by Gasteiger charge is -2.16. The van der Waals surface area contributed by atoms with Crippen molar-refractivity contribution in [2.24, 2.45) is 5.41 Å². The fourth-order valence-corrected chi connectivity index (χ4v) is 1.06. The first kappa shape index (κ1) is 14.2. The number of ether oxygens (including phenoxy) is 1. The molecule has 0 spiro atoms. The number of unbranched alkanes of at least 4 members (excludes halogenated alkanes) is 1. The number of hydrogen-bond donors (Lipinski definition) is 0. The van der Waals surface area contributed by atoms with E-state index in [1.54, 1.807) is 0 Å². The molecule has 0 aromatic carbocycles. The molecule has 0 amide bonds. The Bertz CT molecular complexity index is 211. The molecular formula is C13H24O2. The zero-order chi connectivity index (χ0) is 11.9. The number of carbonyl (C=O) groups is 1. The molecule has 0 aliphatic carbocycles. The summed E-state index contributed by atoms with van der Waals surface area (Å²) in [6.07, 6.45) is 4.19. The van der Waals surface area contributed by atoms with E-state index in [9.17, 15) is 4.79 Å². The first-order valence-electron chi connectivity index (χ1n) is 5.71. The lowest BCUT2D eigenvalue weighted by Crippen LogP contribution is -2.23. The first-order chi connectivity index (χ1) is 6.88. The standard InChI is InChI=1S/C13H24O2/c1-6-7-8-11(2)9-10-15-12(14)13(3,4)5/h2,6-10H2,1,3-5H3. The van der Waals surface area contributed by atoms with Gasteiger partial charge in [0, 0.05) is 6.42 Å². The summed E-state index contributed by atoms with van der Waals surface area (Å²) in [5.41, 5.74) is 0.781. The third-order valence-corrected chi connectivity index (χ3v) is 2.19. The molecule has 0 aromatic rings. The molecule has 0 aromatic heterocycles. The Labute approximate surface area is 93.7 Å². The van der Waals surface area contributed by atoms with Gasteiger partial charge in [0.25, 0.3) is 0 Å². The van der Waals surface area contributed by atoms with Crippen molar-refractivity contribution in [1.82, 2.24) is 0 Å². The van der Waals surface area contributed by atoms with E-state index in [-0.39, 0.29) is 5.97 Å². The van der Waals surface area contributed by atoms with Crippen LogP contribution in [0.1, 0.15) is 53.4 Å². The lowest BCUT2D eigenvalue weighted by atomic mass is 9.97. The zero-order valence-corrected chi connectivity index (χ0v) is 10.6. The van der Waals surface area contributed by atoms with Gasteiger partial charge in [0.05, 0.1) is 12.0 Å².